The maximum absolute atomic E-state index is 12.5. The van der Waals surface area contributed by atoms with Gasteiger partial charge in [-0.25, -0.2) is 9.50 Å². The number of rotatable bonds is 1. The molecule has 1 N–H and O–H groups in total. The van der Waals surface area contributed by atoms with Gasteiger partial charge >= 0.3 is 0 Å². The second kappa shape index (κ2) is 4.74. The summed E-state index contributed by atoms with van der Waals surface area (Å²) in [5.41, 5.74) is 4.41. The van der Waals surface area contributed by atoms with Crippen molar-refractivity contribution < 1.29 is 0 Å². The van der Waals surface area contributed by atoms with Gasteiger partial charge in [-0.3, -0.25) is 9.89 Å². The van der Waals surface area contributed by atoms with Crippen molar-refractivity contribution in [2.75, 3.05) is 0 Å². The van der Waals surface area contributed by atoms with E-state index < -0.39 is 0 Å². The molecule has 0 aliphatic heterocycles. The van der Waals surface area contributed by atoms with Crippen molar-refractivity contribution in [2.24, 2.45) is 0 Å². The van der Waals surface area contributed by atoms with E-state index in [-0.39, 0.29) is 5.56 Å². The summed E-state index contributed by atoms with van der Waals surface area (Å²) < 4.78 is 1.55. The molecule has 4 rings (SSSR count). The zero-order valence-electron chi connectivity index (χ0n) is 11.4. The molecule has 0 radical (unpaired) electrons. The minimum absolute atomic E-state index is 0.0370. The maximum Gasteiger partial charge on any atom is 0.276 e. The van der Waals surface area contributed by atoms with Gasteiger partial charge in [-0.05, 0) is 43.4 Å². The standard InChI is InChI=1S/C16H14ClN3O/c17-11-7-5-10(6-8-11)14-9-15-18-13-4-2-1-3-12(13)16(21)20(15)19-14/h5-9,19H,1-4H2. The zero-order chi connectivity index (χ0) is 14.4. The minimum atomic E-state index is 0.0370. The Morgan fingerprint density at radius 2 is 1.90 bits per heavy atom. The quantitative estimate of drug-likeness (QED) is 0.750. The van der Waals surface area contributed by atoms with Crippen LogP contribution in [0.4, 0.5) is 0 Å². The van der Waals surface area contributed by atoms with E-state index in [2.05, 4.69) is 10.1 Å². The number of hydrogen-bond donors (Lipinski definition) is 1. The largest absolute Gasteiger partial charge is 0.289 e. The van der Waals surface area contributed by atoms with E-state index in [0.717, 1.165) is 48.2 Å². The summed E-state index contributed by atoms with van der Waals surface area (Å²) in [5.74, 6) is 0. The van der Waals surface area contributed by atoms with Crippen LogP contribution in [0.3, 0.4) is 0 Å². The molecule has 0 amide bonds. The lowest BCUT2D eigenvalue weighted by molar-refractivity contribution is 0.651. The number of H-pyrrole nitrogens is 1. The molecule has 4 nitrogen and oxygen atoms in total. The van der Waals surface area contributed by atoms with E-state index in [1.807, 2.05) is 30.3 Å². The Bertz CT molecular complexity index is 877. The maximum atomic E-state index is 12.5. The second-order valence-corrected chi connectivity index (χ2v) is 5.86. The number of aromatic nitrogens is 3. The third-order valence-corrected chi connectivity index (χ3v) is 4.29. The van der Waals surface area contributed by atoms with E-state index in [9.17, 15) is 4.79 Å². The van der Waals surface area contributed by atoms with E-state index in [0.29, 0.717) is 10.7 Å². The third kappa shape index (κ3) is 2.07. The minimum Gasteiger partial charge on any atom is -0.289 e. The number of nitrogens with zero attached hydrogens (tertiary/aromatic N) is 2. The molecule has 0 bridgehead atoms. The van der Waals surface area contributed by atoms with Crippen LogP contribution in [-0.4, -0.2) is 14.6 Å². The highest BCUT2D eigenvalue weighted by Gasteiger charge is 2.17. The lowest BCUT2D eigenvalue weighted by Gasteiger charge is -2.13. The molecule has 0 spiro atoms. The fourth-order valence-corrected chi connectivity index (χ4v) is 3.06. The molecule has 1 aliphatic rings. The summed E-state index contributed by atoms with van der Waals surface area (Å²) in [6, 6.07) is 9.45. The van der Waals surface area contributed by atoms with Gasteiger partial charge in [0.2, 0.25) is 0 Å². The molecule has 1 aliphatic carbocycles. The van der Waals surface area contributed by atoms with E-state index in [4.69, 9.17) is 11.6 Å². The molecule has 106 valence electrons. The first kappa shape index (κ1) is 12.7. The summed E-state index contributed by atoms with van der Waals surface area (Å²) >= 11 is 5.91. The SMILES string of the molecule is O=c1c2c(nc3cc(-c4ccc(Cl)cc4)[nH]n13)CCCC2. The fourth-order valence-electron chi connectivity index (χ4n) is 2.93. The van der Waals surface area contributed by atoms with Crippen molar-refractivity contribution in [1.82, 2.24) is 14.6 Å². The van der Waals surface area contributed by atoms with Gasteiger partial charge in [0.25, 0.3) is 5.56 Å². The molecular weight excluding hydrogens is 286 g/mol. The van der Waals surface area contributed by atoms with Crippen molar-refractivity contribution in [3.8, 4) is 11.3 Å². The first-order valence-corrected chi connectivity index (χ1v) is 7.49. The summed E-state index contributed by atoms with van der Waals surface area (Å²) in [4.78, 5) is 17.2. The average molecular weight is 300 g/mol. The van der Waals surface area contributed by atoms with Gasteiger partial charge in [0.15, 0.2) is 5.65 Å². The Morgan fingerprint density at radius 3 is 2.71 bits per heavy atom. The van der Waals surface area contributed by atoms with E-state index >= 15 is 0 Å². The van der Waals surface area contributed by atoms with Crippen LogP contribution in [0, 0.1) is 0 Å². The molecule has 0 atom stereocenters. The van der Waals surface area contributed by atoms with Gasteiger partial charge in [0, 0.05) is 16.7 Å². The van der Waals surface area contributed by atoms with Crippen LogP contribution in [-0.2, 0) is 12.8 Å². The molecule has 0 unspecified atom stereocenters. The van der Waals surface area contributed by atoms with Gasteiger partial charge in [0.1, 0.15) is 0 Å². The molecule has 1 aromatic carbocycles. The van der Waals surface area contributed by atoms with Gasteiger partial charge in [-0.2, -0.15) is 0 Å². The fraction of sp³-hybridized carbons (Fsp3) is 0.250. The summed E-state index contributed by atoms with van der Waals surface area (Å²) in [5, 5.41) is 3.84. The lowest BCUT2D eigenvalue weighted by Crippen LogP contribution is -2.24. The number of nitrogens with one attached hydrogen (secondary N) is 1. The van der Waals surface area contributed by atoms with Crippen molar-refractivity contribution >= 4 is 17.2 Å². The second-order valence-electron chi connectivity index (χ2n) is 5.42. The number of aryl methyl sites for hydroxylation is 1. The monoisotopic (exact) mass is 299 g/mol. The highest BCUT2D eigenvalue weighted by atomic mass is 35.5. The summed E-state index contributed by atoms with van der Waals surface area (Å²) in [6.45, 7) is 0. The van der Waals surface area contributed by atoms with E-state index in [1.54, 1.807) is 4.52 Å². The van der Waals surface area contributed by atoms with Gasteiger partial charge in [-0.15, -0.1) is 0 Å². The Balaban J connectivity index is 1.92. The van der Waals surface area contributed by atoms with Crippen LogP contribution in [0.1, 0.15) is 24.1 Å². The molecule has 3 aromatic rings. The molecule has 0 saturated carbocycles. The van der Waals surface area contributed by atoms with Crippen LogP contribution < -0.4 is 5.56 Å². The molecular formula is C16H14ClN3O. The normalized spacial score (nSPS) is 14.3. The van der Waals surface area contributed by atoms with Gasteiger partial charge < -0.3 is 0 Å². The molecule has 0 fully saturated rings. The highest BCUT2D eigenvalue weighted by molar-refractivity contribution is 6.30. The average Bonchev–Trinajstić information content (AvgIpc) is 2.92. The number of benzene rings is 1. The van der Waals surface area contributed by atoms with Crippen molar-refractivity contribution in [2.45, 2.75) is 25.7 Å². The molecule has 5 heteroatoms. The number of aromatic amines is 1. The number of fused-ring (bicyclic) bond motifs is 2. The van der Waals surface area contributed by atoms with Crippen LogP contribution in [0.25, 0.3) is 16.9 Å². The van der Waals surface area contributed by atoms with Crippen LogP contribution in [0.5, 0.6) is 0 Å². The molecule has 2 aromatic heterocycles. The molecule has 2 heterocycles. The summed E-state index contributed by atoms with van der Waals surface area (Å²) in [6.07, 6.45) is 3.92. The smallest absolute Gasteiger partial charge is 0.276 e. The van der Waals surface area contributed by atoms with E-state index in [1.165, 1.54) is 0 Å². The van der Waals surface area contributed by atoms with Crippen LogP contribution in [0.2, 0.25) is 5.02 Å². The summed E-state index contributed by atoms with van der Waals surface area (Å²) in [7, 11) is 0. The zero-order valence-corrected chi connectivity index (χ0v) is 12.2. The van der Waals surface area contributed by atoms with Gasteiger partial charge in [-0.1, -0.05) is 23.7 Å². The predicted octanol–water partition coefficient (Wildman–Crippen LogP) is 3.22. The number of halogens is 1. The molecule has 21 heavy (non-hydrogen) atoms. The Morgan fingerprint density at radius 1 is 1.14 bits per heavy atom. The Hall–Kier alpha value is -2.07. The topological polar surface area (TPSA) is 50.2 Å². The Kier molecular flexibility index (Phi) is 2.86. The number of hydrogen-bond acceptors (Lipinski definition) is 2. The van der Waals surface area contributed by atoms with Crippen LogP contribution in [0.15, 0.2) is 35.1 Å². The highest BCUT2D eigenvalue weighted by Crippen LogP contribution is 2.22. The Labute approximate surface area is 126 Å². The molecule has 0 saturated heterocycles. The van der Waals surface area contributed by atoms with Crippen molar-refractivity contribution in [1.29, 1.82) is 0 Å². The third-order valence-electron chi connectivity index (χ3n) is 4.04. The van der Waals surface area contributed by atoms with Crippen molar-refractivity contribution in [3.05, 3.63) is 57.0 Å². The van der Waals surface area contributed by atoms with Crippen LogP contribution >= 0.6 is 11.6 Å². The van der Waals surface area contributed by atoms with Crippen molar-refractivity contribution in [3.63, 3.8) is 0 Å². The first-order valence-electron chi connectivity index (χ1n) is 7.12. The van der Waals surface area contributed by atoms with Gasteiger partial charge in [0.05, 0.1) is 11.4 Å². The first-order chi connectivity index (χ1) is 10.2. The lowest BCUT2D eigenvalue weighted by atomic mass is 9.97. The predicted molar refractivity (Wildman–Crippen MR) is 82.9 cm³/mol.